The van der Waals surface area contributed by atoms with E-state index in [9.17, 15) is 14.3 Å². The maximum Gasteiger partial charge on any atom is 0.337 e. The molecule has 0 spiro atoms. The largest absolute Gasteiger partial charge is 0.504 e. The molecule has 0 radical (unpaired) electrons. The van der Waals surface area contributed by atoms with Crippen molar-refractivity contribution >= 4 is 5.97 Å². The van der Waals surface area contributed by atoms with Crippen LogP contribution >= 0.6 is 0 Å². The third kappa shape index (κ3) is 2.71. The number of carbonyl (C=O) groups excluding carboxylic acids is 1. The summed E-state index contributed by atoms with van der Waals surface area (Å²) in [6.07, 6.45) is 0. The zero-order valence-corrected chi connectivity index (χ0v) is 11.0. The third-order valence-corrected chi connectivity index (χ3v) is 2.83. The van der Waals surface area contributed by atoms with Crippen molar-refractivity contribution in [2.75, 3.05) is 14.2 Å². The quantitative estimate of drug-likeness (QED) is 0.876. The first-order valence-electron chi connectivity index (χ1n) is 5.81. The topological polar surface area (TPSA) is 55.8 Å². The van der Waals surface area contributed by atoms with Gasteiger partial charge in [-0.05, 0) is 41.5 Å². The molecule has 0 aliphatic rings. The normalized spacial score (nSPS) is 10.2. The first-order chi connectivity index (χ1) is 9.55. The molecule has 0 aromatic heterocycles. The summed E-state index contributed by atoms with van der Waals surface area (Å²) in [6, 6.07) is 8.52. The van der Waals surface area contributed by atoms with Gasteiger partial charge in [0.2, 0.25) is 0 Å². The van der Waals surface area contributed by atoms with Crippen LogP contribution in [0, 0.1) is 5.82 Å². The van der Waals surface area contributed by atoms with Crippen LogP contribution in [-0.2, 0) is 4.74 Å². The maximum absolute atomic E-state index is 13.6. The summed E-state index contributed by atoms with van der Waals surface area (Å²) in [4.78, 5) is 11.5. The fourth-order valence-corrected chi connectivity index (χ4v) is 1.85. The van der Waals surface area contributed by atoms with Crippen molar-refractivity contribution in [3.63, 3.8) is 0 Å². The Morgan fingerprint density at radius 2 is 1.85 bits per heavy atom. The summed E-state index contributed by atoms with van der Waals surface area (Å²) in [5.74, 6) is -0.904. The van der Waals surface area contributed by atoms with Crippen molar-refractivity contribution in [1.29, 1.82) is 0 Å². The van der Waals surface area contributed by atoms with Gasteiger partial charge in [0.1, 0.15) is 5.82 Å². The molecule has 2 aromatic rings. The number of hydrogen-bond acceptors (Lipinski definition) is 4. The fourth-order valence-electron chi connectivity index (χ4n) is 1.85. The Hall–Kier alpha value is -2.56. The van der Waals surface area contributed by atoms with Gasteiger partial charge in [-0.3, -0.25) is 0 Å². The van der Waals surface area contributed by atoms with Crippen LogP contribution in [0.15, 0.2) is 36.4 Å². The molecule has 0 aliphatic heterocycles. The molecule has 104 valence electrons. The highest BCUT2D eigenvalue weighted by Gasteiger charge is 2.11. The number of carbonyl (C=O) groups is 1. The van der Waals surface area contributed by atoms with Gasteiger partial charge in [-0.1, -0.05) is 6.07 Å². The number of esters is 1. The number of hydrogen-bond donors (Lipinski definition) is 1. The molecule has 20 heavy (non-hydrogen) atoms. The molecule has 4 nitrogen and oxygen atoms in total. The van der Waals surface area contributed by atoms with Gasteiger partial charge in [-0.2, -0.15) is 0 Å². The summed E-state index contributed by atoms with van der Waals surface area (Å²) in [6.45, 7) is 0. The van der Waals surface area contributed by atoms with E-state index >= 15 is 0 Å². The minimum atomic E-state index is -0.614. The number of methoxy groups -OCH3 is 2. The van der Waals surface area contributed by atoms with Crippen molar-refractivity contribution < 1.29 is 23.8 Å². The molecule has 0 fully saturated rings. The lowest BCUT2D eigenvalue weighted by Crippen LogP contribution is -2.02. The number of halogens is 1. The second-order valence-corrected chi connectivity index (χ2v) is 4.11. The van der Waals surface area contributed by atoms with Crippen LogP contribution in [-0.4, -0.2) is 25.3 Å². The van der Waals surface area contributed by atoms with Gasteiger partial charge in [0.05, 0.1) is 19.8 Å². The van der Waals surface area contributed by atoms with Gasteiger partial charge < -0.3 is 14.6 Å². The van der Waals surface area contributed by atoms with Crippen LogP contribution in [0.3, 0.4) is 0 Å². The molecular formula is C15H13FO4. The molecule has 0 unspecified atom stereocenters. The van der Waals surface area contributed by atoms with Gasteiger partial charge in [-0.25, -0.2) is 9.18 Å². The average molecular weight is 276 g/mol. The molecule has 2 aromatic carbocycles. The monoisotopic (exact) mass is 276 g/mol. The van der Waals surface area contributed by atoms with E-state index in [2.05, 4.69) is 4.74 Å². The standard InChI is InChI=1S/C15H13FO4/c1-19-14-8-9(3-4-13(14)17)10-5-11(15(18)20-2)7-12(16)6-10/h3-8,17H,1-2H3. The van der Waals surface area contributed by atoms with Crippen molar-refractivity contribution in [3.05, 3.63) is 47.8 Å². The first kappa shape index (κ1) is 13.9. The molecule has 0 aliphatic carbocycles. The van der Waals surface area contributed by atoms with Crippen LogP contribution in [0.25, 0.3) is 11.1 Å². The zero-order chi connectivity index (χ0) is 14.7. The molecule has 0 bridgehead atoms. The third-order valence-electron chi connectivity index (χ3n) is 2.83. The number of rotatable bonds is 3. The highest BCUT2D eigenvalue weighted by molar-refractivity contribution is 5.91. The van der Waals surface area contributed by atoms with Gasteiger partial charge >= 0.3 is 5.97 Å². The summed E-state index contributed by atoms with van der Waals surface area (Å²) >= 11 is 0. The Morgan fingerprint density at radius 1 is 1.10 bits per heavy atom. The van der Waals surface area contributed by atoms with Gasteiger partial charge in [0.25, 0.3) is 0 Å². The van der Waals surface area contributed by atoms with Gasteiger partial charge in [0.15, 0.2) is 11.5 Å². The average Bonchev–Trinajstić information content (AvgIpc) is 2.46. The minimum Gasteiger partial charge on any atom is -0.504 e. The van der Waals surface area contributed by atoms with Gasteiger partial charge in [0, 0.05) is 0 Å². The number of aromatic hydroxyl groups is 1. The fraction of sp³-hybridized carbons (Fsp3) is 0.133. The van der Waals surface area contributed by atoms with Crippen molar-refractivity contribution in [2.24, 2.45) is 0 Å². The number of phenolic OH excluding ortho intramolecular Hbond substituents is 1. The minimum absolute atomic E-state index is 0.0131. The maximum atomic E-state index is 13.6. The highest BCUT2D eigenvalue weighted by atomic mass is 19.1. The summed E-state index contributed by atoms with van der Waals surface area (Å²) in [7, 11) is 2.65. The molecule has 0 atom stereocenters. The lowest BCUT2D eigenvalue weighted by Gasteiger charge is -2.08. The van der Waals surface area contributed by atoms with Gasteiger partial charge in [-0.15, -0.1) is 0 Å². The van der Waals surface area contributed by atoms with Crippen LogP contribution in [0.4, 0.5) is 4.39 Å². The molecule has 1 N–H and O–H groups in total. The van der Waals surface area contributed by atoms with E-state index in [4.69, 9.17) is 4.74 Å². The molecule has 0 saturated heterocycles. The molecule has 5 heteroatoms. The zero-order valence-electron chi connectivity index (χ0n) is 11.0. The second kappa shape index (κ2) is 5.61. The van der Waals surface area contributed by atoms with Crippen LogP contribution in [0.5, 0.6) is 11.5 Å². The Morgan fingerprint density at radius 3 is 2.50 bits per heavy atom. The second-order valence-electron chi connectivity index (χ2n) is 4.11. The number of benzene rings is 2. The van der Waals surface area contributed by atoms with Crippen molar-refractivity contribution in [2.45, 2.75) is 0 Å². The smallest absolute Gasteiger partial charge is 0.337 e. The van der Waals surface area contributed by atoms with E-state index in [0.29, 0.717) is 11.1 Å². The SMILES string of the molecule is COC(=O)c1cc(F)cc(-c2ccc(O)c(OC)c2)c1. The van der Waals surface area contributed by atoms with Crippen LogP contribution in [0.1, 0.15) is 10.4 Å². The Bertz CT molecular complexity index is 652. The lowest BCUT2D eigenvalue weighted by molar-refractivity contribution is 0.0600. The summed E-state index contributed by atoms with van der Waals surface area (Å²) in [5.41, 5.74) is 1.22. The number of ether oxygens (including phenoxy) is 2. The Kier molecular flexibility index (Phi) is 3.89. The Balaban J connectivity index is 2.52. The molecule has 0 saturated carbocycles. The van der Waals surface area contributed by atoms with E-state index in [1.165, 1.54) is 32.4 Å². The van der Waals surface area contributed by atoms with E-state index < -0.39 is 11.8 Å². The Labute approximate surface area is 115 Å². The molecular weight excluding hydrogens is 263 g/mol. The predicted octanol–water partition coefficient (Wildman–Crippen LogP) is 2.99. The van der Waals surface area contributed by atoms with Crippen molar-refractivity contribution in [3.8, 4) is 22.6 Å². The van der Waals surface area contributed by atoms with E-state index in [1.807, 2.05) is 0 Å². The van der Waals surface area contributed by atoms with Crippen LogP contribution in [0.2, 0.25) is 0 Å². The summed E-state index contributed by atoms with van der Waals surface area (Å²) in [5, 5.41) is 9.54. The predicted molar refractivity (Wildman–Crippen MR) is 71.4 cm³/mol. The summed E-state index contributed by atoms with van der Waals surface area (Å²) < 4.78 is 23.2. The number of phenols is 1. The van der Waals surface area contributed by atoms with Crippen LogP contribution < -0.4 is 4.74 Å². The van der Waals surface area contributed by atoms with E-state index in [0.717, 1.165) is 6.07 Å². The first-order valence-corrected chi connectivity index (χ1v) is 5.81. The molecule has 0 heterocycles. The van der Waals surface area contributed by atoms with Crippen molar-refractivity contribution in [1.82, 2.24) is 0 Å². The highest BCUT2D eigenvalue weighted by Crippen LogP contribution is 2.32. The lowest BCUT2D eigenvalue weighted by atomic mass is 10.0. The molecule has 0 amide bonds. The van der Waals surface area contributed by atoms with E-state index in [1.54, 1.807) is 12.1 Å². The van der Waals surface area contributed by atoms with E-state index in [-0.39, 0.29) is 17.1 Å². The molecule has 2 rings (SSSR count).